The van der Waals surface area contributed by atoms with Crippen LogP contribution < -0.4 is 9.47 Å². The quantitative estimate of drug-likeness (QED) is 0.376. The van der Waals surface area contributed by atoms with Gasteiger partial charge in [0.15, 0.2) is 5.70 Å². The molecule has 0 spiro atoms. The molecule has 0 saturated heterocycles. The van der Waals surface area contributed by atoms with Crippen molar-refractivity contribution in [1.82, 2.24) is 0 Å². The number of benzene rings is 3. The van der Waals surface area contributed by atoms with Crippen LogP contribution in [0.4, 0.5) is 0 Å². The predicted octanol–water partition coefficient (Wildman–Crippen LogP) is 5.58. The van der Waals surface area contributed by atoms with Crippen LogP contribution in [0.1, 0.15) is 22.3 Å². The van der Waals surface area contributed by atoms with Gasteiger partial charge in [0.25, 0.3) is 0 Å². The highest BCUT2D eigenvalue weighted by atomic mass is 35.5. The fourth-order valence-corrected chi connectivity index (χ4v) is 3.30. The van der Waals surface area contributed by atoms with Crippen molar-refractivity contribution in [3.8, 4) is 11.5 Å². The van der Waals surface area contributed by atoms with Gasteiger partial charge in [0.1, 0.15) is 18.1 Å². The van der Waals surface area contributed by atoms with Crippen molar-refractivity contribution in [2.24, 2.45) is 4.99 Å². The summed E-state index contributed by atoms with van der Waals surface area (Å²) in [6.45, 7) is 2.55. The number of cyclic esters (lactones) is 1. The zero-order valence-electron chi connectivity index (χ0n) is 17.1. The summed E-state index contributed by atoms with van der Waals surface area (Å²) in [5, 5.41) is 0.494. The van der Waals surface area contributed by atoms with E-state index < -0.39 is 5.97 Å². The highest BCUT2D eigenvalue weighted by molar-refractivity contribution is 6.31. The Morgan fingerprint density at radius 2 is 1.84 bits per heavy atom. The van der Waals surface area contributed by atoms with Gasteiger partial charge in [-0.05, 0) is 60.0 Å². The summed E-state index contributed by atoms with van der Waals surface area (Å²) in [7, 11) is 1.53. The van der Waals surface area contributed by atoms with E-state index in [0.29, 0.717) is 22.9 Å². The van der Waals surface area contributed by atoms with Crippen LogP contribution in [0.15, 0.2) is 77.4 Å². The highest BCUT2D eigenvalue weighted by Crippen LogP contribution is 2.28. The number of esters is 1. The molecule has 0 N–H and O–H groups in total. The van der Waals surface area contributed by atoms with E-state index in [1.54, 1.807) is 24.3 Å². The van der Waals surface area contributed by atoms with E-state index in [0.717, 1.165) is 16.9 Å². The third-order valence-electron chi connectivity index (χ3n) is 4.85. The third-order valence-corrected chi connectivity index (χ3v) is 5.09. The molecule has 0 saturated carbocycles. The maximum absolute atomic E-state index is 12.3. The average Bonchev–Trinajstić information content (AvgIpc) is 3.14. The minimum atomic E-state index is -0.531. The first-order valence-electron chi connectivity index (χ1n) is 9.67. The second-order valence-electron chi connectivity index (χ2n) is 6.96. The van der Waals surface area contributed by atoms with Crippen molar-refractivity contribution >= 4 is 29.5 Å². The smallest absolute Gasteiger partial charge is 0.363 e. The number of hydrogen-bond donors (Lipinski definition) is 0. The molecule has 31 heavy (non-hydrogen) atoms. The van der Waals surface area contributed by atoms with Gasteiger partial charge in [-0.2, -0.15) is 0 Å². The fourth-order valence-electron chi connectivity index (χ4n) is 3.12. The highest BCUT2D eigenvalue weighted by Gasteiger charge is 2.26. The Hall–Kier alpha value is -3.57. The fraction of sp³-hybridized carbons (Fsp3) is 0.120. The summed E-state index contributed by atoms with van der Waals surface area (Å²) >= 11 is 6.07. The SMILES string of the molecule is COc1ccc(Cl)cc1C1=NC(=Cc2ccc(OCc3ccccc3C)cc2)C(=O)O1. The topological polar surface area (TPSA) is 57.1 Å². The minimum Gasteiger partial charge on any atom is -0.496 e. The second-order valence-corrected chi connectivity index (χ2v) is 7.40. The molecular formula is C25H20ClNO4. The second kappa shape index (κ2) is 9.06. The summed E-state index contributed by atoms with van der Waals surface area (Å²) in [4.78, 5) is 16.6. The van der Waals surface area contributed by atoms with Crippen LogP contribution in [0.25, 0.3) is 6.08 Å². The van der Waals surface area contributed by atoms with E-state index in [1.165, 1.54) is 12.7 Å². The Labute approximate surface area is 185 Å². The number of methoxy groups -OCH3 is 1. The molecule has 156 valence electrons. The zero-order chi connectivity index (χ0) is 21.8. The van der Waals surface area contributed by atoms with Gasteiger partial charge in [0.05, 0.1) is 12.7 Å². The normalized spacial score (nSPS) is 14.4. The molecule has 0 aromatic heterocycles. The molecule has 0 aliphatic carbocycles. The van der Waals surface area contributed by atoms with Gasteiger partial charge in [-0.3, -0.25) is 0 Å². The van der Waals surface area contributed by atoms with Crippen LogP contribution in [0.3, 0.4) is 0 Å². The molecule has 0 bridgehead atoms. The number of halogens is 1. The molecule has 0 atom stereocenters. The molecule has 0 fully saturated rings. The molecule has 5 nitrogen and oxygen atoms in total. The Morgan fingerprint density at radius 1 is 1.06 bits per heavy atom. The van der Waals surface area contributed by atoms with Gasteiger partial charge in [-0.25, -0.2) is 9.79 Å². The van der Waals surface area contributed by atoms with E-state index in [-0.39, 0.29) is 11.6 Å². The van der Waals surface area contributed by atoms with Crippen molar-refractivity contribution in [2.45, 2.75) is 13.5 Å². The summed E-state index contributed by atoms with van der Waals surface area (Å²) in [6.07, 6.45) is 1.66. The molecule has 0 unspecified atom stereocenters. The number of ether oxygens (including phenoxy) is 3. The first kappa shape index (κ1) is 20.7. The van der Waals surface area contributed by atoms with Crippen molar-refractivity contribution < 1.29 is 19.0 Å². The van der Waals surface area contributed by atoms with E-state index >= 15 is 0 Å². The standard InChI is InChI=1S/C25H20ClNO4/c1-16-5-3-4-6-18(16)15-30-20-10-7-17(8-11-20)13-22-25(28)31-24(27-22)21-14-19(26)9-12-23(21)29-2/h3-14H,15H2,1-2H3. The molecule has 3 aromatic carbocycles. The minimum absolute atomic E-state index is 0.161. The lowest BCUT2D eigenvalue weighted by atomic mass is 10.1. The van der Waals surface area contributed by atoms with Crippen LogP contribution in [-0.2, 0) is 16.1 Å². The number of aliphatic imine (C=N–C) groups is 1. The van der Waals surface area contributed by atoms with Crippen LogP contribution >= 0.6 is 11.6 Å². The van der Waals surface area contributed by atoms with Gasteiger partial charge in [-0.1, -0.05) is 48.0 Å². The molecular weight excluding hydrogens is 414 g/mol. The molecule has 1 heterocycles. The lowest BCUT2D eigenvalue weighted by molar-refractivity contribution is -0.129. The summed E-state index contributed by atoms with van der Waals surface area (Å²) in [5.41, 5.74) is 3.85. The number of carbonyl (C=O) groups is 1. The van der Waals surface area contributed by atoms with E-state index in [1.807, 2.05) is 42.5 Å². The molecule has 6 heteroatoms. The van der Waals surface area contributed by atoms with Gasteiger partial charge in [-0.15, -0.1) is 0 Å². The van der Waals surface area contributed by atoms with Crippen LogP contribution in [0.5, 0.6) is 11.5 Å². The van der Waals surface area contributed by atoms with Gasteiger partial charge >= 0.3 is 5.97 Å². The number of carbonyl (C=O) groups excluding carboxylic acids is 1. The average molecular weight is 434 g/mol. The van der Waals surface area contributed by atoms with Crippen LogP contribution in [-0.4, -0.2) is 19.0 Å². The number of aryl methyl sites for hydroxylation is 1. The molecule has 1 aliphatic rings. The van der Waals surface area contributed by atoms with Gasteiger partial charge in [0, 0.05) is 5.02 Å². The van der Waals surface area contributed by atoms with E-state index in [9.17, 15) is 4.79 Å². The Bertz CT molecular complexity index is 1180. The predicted molar refractivity (Wildman–Crippen MR) is 121 cm³/mol. The molecule has 4 rings (SSSR count). The maximum Gasteiger partial charge on any atom is 0.363 e. The summed E-state index contributed by atoms with van der Waals surface area (Å²) in [5.74, 6) is 0.894. The first-order chi connectivity index (χ1) is 15.0. The van der Waals surface area contributed by atoms with Crippen molar-refractivity contribution in [1.29, 1.82) is 0 Å². The molecule has 0 amide bonds. The molecule has 3 aromatic rings. The van der Waals surface area contributed by atoms with Crippen LogP contribution in [0.2, 0.25) is 5.02 Å². The lowest BCUT2D eigenvalue weighted by Gasteiger charge is -2.08. The van der Waals surface area contributed by atoms with E-state index in [2.05, 4.69) is 18.0 Å². The molecule has 1 aliphatic heterocycles. The molecule has 0 radical (unpaired) electrons. The zero-order valence-corrected chi connectivity index (χ0v) is 17.8. The Kier molecular flexibility index (Phi) is 6.05. The Morgan fingerprint density at radius 3 is 2.58 bits per heavy atom. The number of nitrogens with zero attached hydrogens (tertiary/aromatic N) is 1. The maximum atomic E-state index is 12.3. The summed E-state index contributed by atoms with van der Waals surface area (Å²) < 4.78 is 16.5. The van der Waals surface area contributed by atoms with Gasteiger partial charge < -0.3 is 14.2 Å². The Balaban J connectivity index is 1.50. The van der Waals surface area contributed by atoms with Crippen molar-refractivity contribution in [3.05, 3.63) is 99.7 Å². The monoisotopic (exact) mass is 433 g/mol. The first-order valence-corrected chi connectivity index (χ1v) is 10.0. The number of hydrogen-bond acceptors (Lipinski definition) is 5. The van der Waals surface area contributed by atoms with Crippen molar-refractivity contribution in [3.63, 3.8) is 0 Å². The van der Waals surface area contributed by atoms with Crippen LogP contribution in [0, 0.1) is 6.92 Å². The summed E-state index contributed by atoms with van der Waals surface area (Å²) in [6, 6.07) is 20.6. The van der Waals surface area contributed by atoms with Gasteiger partial charge in [0.2, 0.25) is 5.90 Å². The van der Waals surface area contributed by atoms with Crippen molar-refractivity contribution in [2.75, 3.05) is 7.11 Å². The largest absolute Gasteiger partial charge is 0.496 e. The number of rotatable bonds is 6. The third kappa shape index (κ3) is 4.78. The lowest BCUT2D eigenvalue weighted by Crippen LogP contribution is -2.07. The van der Waals surface area contributed by atoms with E-state index in [4.69, 9.17) is 25.8 Å².